The van der Waals surface area contributed by atoms with Gasteiger partial charge in [-0.15, -0.1) is 0 Å². The Hall–Kier alpha value is -2.91. The van der Waals surface area contributed by atoms with Gasteiger partial charge in [0.05, 0.1) is 11.3 Å². The molecule has 0 atom stereocenters. The molecule has 3 aromatic rings. The molecule has 9 heteroatoms. The highest BCUT2D eigenvalue weighted by molar-refractivity contribution is 8.00. The predicted molar refractivity (Wildman–Crippen MR) is 121 cm³/mol. The minimum Gasteiger partial charge on any atom is -0.363 e. The third kappa shape index (κ3) is 5.36. The van der Waals surface area contributed by atoms with Crippen molar-refractivity contribution in [2.24, 2.45) is 0 Å². The lowest BCUT2D eigenvalue weighted by atomic mass is 9.94. The molecule has 4 nitrogen and oxygen atoms in total. The third-order valence-corrected chi connectivity index (χ3v) is 6.08. The lowest BCUT2D eigenvalue weighted by Crippen LogP contribution is -2.20. The van der Waals surface area contributed by atoms with Crippen molar-refractivity contribution < 1.29 is 22.3 Å². The minimum atomic E-state index is -4.58. The number of pyridine rings is 2. The maximum absolute atomic E-state index is 14.0. The van der Waals surface area contributed by atoms with Crippen LogP contribution in [0, 0.1) is 5.95 Å². The van der Waals surface area contributed by atoms with E-state index in [9.17, 15) is 17.6 Å². The van der Waals surface area contributed by atoms with Gasteiger partial charge >= 0.3 is 6.18 Å². The average molecular weight is 476 g/mol. The molecule has 0 N–H and O–H groups in total. The molecule has 1 aliphatic carbocycles. The van der Waals surface area contributed by atoms with Crippen LogP contribution in [0.3, 0.4) is 0 Å². The van der Waals surface area contributed by atoms with E-state index in [1.165, 1.54) is 29.6 Å². The van der Waals surface area contributed by atoms with E-state index in [0.717, 1.165) is 48.4 Å². The Morgan fingerprint density at radius 1 is 1.00 bits per heavy atom. The summed E-state index contributed by atoms with van der Waals surface area (Å²) in [5, 5.41) is 0.326. The summed E-state index contributed by atoms with van der Waals surface area (Å²) in [7, 11) is 1.46. The number of aromatic nitrogens is 2. The normalized spacial score (nSPS) is 13.8. The zero-order valence-electron chi connectivity index (χ0n) is 17.8. The first-order chi connectivity index (χ1) is 15.9. The number of benzene rings is 1. The van der Waals surface area contributed by atoms with Gasteiger partial charge in [0.2, 0.25) is 5.95 Å². The number of anilines is 1. The SMILES string of the molecule is COCN(Sc1cccc(F)n1)c1ccc(C(F)(F)F)c(-c2ccccc2C2=CCCC2)n1. The Labute approximate surface area is 193 Å². The summed E-state index contributed by atoms with van der Waals surface area (Å²) in [5.41, 5.74) is 1.23. The molecule has 0 bridgehead atoms. The molecule has 172 valence electrons. The van der Waals surface area contributed by atoms with Gasteiger partial charge in [0.25, 0.3) is 0 Å². The summed E-state index contributed by atoms with van der Waals surface area (Å²) in [6, 6.07) is 13.7. The molecular formula is C24H21F4N3OS. The minimum absolute atomic E-state index is 0.00740. The van der Waals surface area contributed by atoms with Crippen molar-refractivity contribution in [3.05, 3.63) is 77.7 Å². The van der Waals surface area contributed by atoms with Crippen LogP contribution in [0.5, 0.6) is 0 Å². The number of ether oxygens (including phenoxy) is 1. The highest BCUT2D eigenvalue weighted by Gasteiger charge is 2.36. The van der Waals surface area contributed by atoms with Gasteiger partial charge in [0, 0.05) is 24.6 Å². The van der Waals surface area contributed by atoms with E-state index >= 15 is 0 Å². The number of rotatable bonds is 7. The van der Waals surface area contributed by atoms with Gasteiger partial charge in [-0.2, -0.15) is 17.6 Å². The van der Waals surface area contributed by atoms with Crippen LogP contribution in [0.2, 0.25) is 0 Å². The van der Waals surface area contributed by atoms with Crippen molar-refractivity contribution in [2.75, 3.05) is 18.1 Å². The van der Waals surface area contributed by atoms with Crippen LogP contribution < -0.4 is 4.31 Å². The van der Waals surface area contributed by atoms with E-state index in [2.05, 4.69) is 16.0 Å². The topological polar surface area (TPSA) is 38.2 Å². The van der Waals surface area contributed by atoms with E-state index < -0.39 is 17.7 Å². The van der Waals surface area contributed by atoms with Crippen molar-refractivity contribution in [3.8, 4) is 11.3 Å². The standard InChI is InChI=1S/C24H21F4N3OS/c1-32-15-31(33-22-12-6-11-20(25)29-22)21-14-13-19(24(26,27)28)23(30-21)18-10-5-4-9-17(18)16-7-2-3-8-16/h4-7,9-14H,2-3,8,15H2,1H3. The maximum Gasteiger partial charge on any atom is 0.418 e. The number of halogens is 4. The lowest BCUT2D eigenvalue weighted by molar-refractivity contribution is -0.137. The zero-order chi connectivity index (χ0) is 23.4. The molecule has 4 rings (SSSR count). The van der Waals surface area contributed by atoms with Crippen LogP contribution in [0.1, 0.15) is 30.4 Å². The van der Waals surface area contributed by atoms with Crippen molar-refractivity contribution in [1.82, 2.24) is 9.97 Å². The molecule has 0 spiro atoms. The van der Waals surface area contributed by atoms with Crippen LogP contribution in [0.4, 0.5) is 23.4 Å². The molecule has 0 amide bonds. The second kappa shape index (κ2) is 9.93. The highest BCUT2D eigenvalue weighted by atomic mass is 32.2. The fraction of sp³-hybridized carbons (Fsp3) is 0.250. The van der Waals surface area contributed by atoms with E-state index in [4.69, 9.17) is 4.74 Å². The second-order valence-electron chi connectivity index (χ2n) is 7.42. The summed E-state index contributed by atoms with van der Waals surface area (Å²) in [4.78, 5) is 8.24. The molecule has 33 heavy (non-hydrogen) atoms. The summed E-state index contributed by atoms with van der Waals surface area (Å²) in [6.45, 7) is 0.00740. The molecule has 0 saturated heterocycles. The lowest BCUT2D eigenvalue weighted by Gasteiger charge is -2.23. The second-order valence-corrected chi connectivity index (χ2v) is 8.46. The van der Waals surface area contributed by atoms with Crippen LogP contribution in [-0.4, -0.2) is 23.8 Å². The number of nitrogens with zero attached hydrogens (tertiary/aromatic N) is 3. The van der Waals surface area contributed by atoms with E-state index in [1.807, 2.05) is 12.1 Å². The molecule has 0 fully saturated rings. The number of allylic oxidation sites excluding steroid dienone is 2. The van der Waals surface area contributed by atoms with Gasteiger partial charge in [-0.1, -0.05) is 36.4 Å². The van der Waals surface area contributed by atoms with Gasteiger partial charge < -0.3 is 4.74 Å². The van der Waals surface area contributed by atoms with Gasteiger partial charge in [-0.25, -0.2) is 9.97 Å². The molecule has 2 aromatic heterocycles. The molecule has 1 aliphatic rings. The van der Waals surface area contributed by atoms with Gasteiger partial charge in [0.1, 0.15) is 17.6 Å². The number of hydrogen-bond donors (Lipinski definition) is 0. The predicted octanol–water partition coefficient (Wildman–Crippen LogP) is 6.99. The van der Waals surface area contributed by atoms with Gasteiger partial charge in [0.15, 0.2) is 0 Å². The Kier molecular flexibility index (Phi) is 6.99. The highest BCUT2D eigenvalue weighted by Crippen LogP contribution is 2.42. The molecule has 0 radical (unpaired) electrons. The Morgan fingerprint density at radius 3 is 2.45 bits per heavy atom. The van der Waals surface area contributed by atoms with Crippen molar-refractivity contribution in [2.45, 2.75) is 30.5 Å². The number of methoxy groups -OCH3 is 1. The molecular weight excluding hydrogens is 454 g/mol. The number of alkyl halides is 3. The van der Waals surface area contributed by atoms with Crippen molar-refractivity contribution in [1.29, 1.82) is 0 Å². The maximum atomic E-state index is 14.0. The smallest absolute Gasteiger partial charge is 0.363 e. The third-order valence-electron chi connectivity index (χ3n) is 5.15. The Bertz CT molecular complexity index is 1170. The van der Waals surface area contributed by atoms with E-state index in [-0.39, 0.29) is 18.2 Å². The largest absolute Gasteiger partial charge is 0.418 e. The quantitative estimate of drug-likeness (QED) is 0.159. The zero-order valence-corrected chi connectivity index (χ0v) is 18.6. The average Bonchev–Trinajstić information content (AvgIpc) is 3.33. The fourth-order valence-electron chi connectivity index (χ4n) is 3.72. The Morgan fingerprint density at radius 2 is 1.79 bits per heavy atom. The van der Waals surface area contributed by atoms with Crippen LogP contribution >= 0.6 is 11.9 Å². The molecule has 0 aliphatic heterocycles. The molecule has 2 heterocycles. The van der Waals surface area contributed by atoms with Crippen molar-refractivity contribution in [3.63, 3.8) is 0 Å². The van der Waals surface area contributed by atoms with Crippen molar-refractivity contribution >= 4 is 23.3 Å². The first-order valence-corrected chi connectivity index (χ1v) is 11.1. The fourth-order valence-corrected chi connectivity index (χ4v) is 4.56. The molecule has 1 aromatic carbocycles. The first-order valence-electron chi connectivity index (χ1n) is 10.3. The van der Waals surface area contributed by atoms with Crippen LogP contribution in [-0.2, 0) is 10.9 Å². The molecule has 0 unspecified atom stereocenters. The summed E-state index contributed by atoms with van der Waals surface area (Å²) in [5.74, 6) is -0.414. The van der Waals surface area contributed by atoms with Crippen LogP contribution in [0.25, 0.3) is 16.8 Å². The molecule has 0 saturated carbocycles. The van der Waals surface area contributed by atoms with E-state index in [0.29, 0.717) is 10.6 Å². The van der Waals surface area contributed by atoms with E-state index in [1.54, 1.807) is 18.2 Å². The monoisotopic (exact) mass is 475 g/mol. The number of hydrogen-bond acceptors (Lipinski definition) is 5. The summed E-state index contributed by atoms with van der Waals surface area (Å²) >= 11 is 1.03. The van der Waals surface area contributed by atoms with Crippen LogP contribution in [0.15, 0.2) is 65.7 Å². The Balaban J connectivity index is 1.82. The summed E-state index contributed by atoms with van der Waals surface area (Å²) < 4.78 is 62.2. The van der Waals surface area contributed by atoms with Gasteiger partial charge in [-0.05, 0) is 54.7 Å². The van der Waals surface area contributed by atoms with Gasteiger partial charge in [-0.3, -0.25) is 4.31 Å². The first kappa shape index (κ1) is 23.3. The summed E-state index contributed by atoms with van der Waals surface area (Å²) in [6.07, 6.45) is 0.180.